The second kappa shape index (κ2) is 6.46. The number of nitrogens with zero attached hydrogens (tertiary/aromatic N) is 1. The monoisotopic (exact) mass is 373 g/mol. The molecule has 4 rings (SSSR count). The number of rotatable bonds is 2. The van der Waals surface area contributed by atoms with Crippen LogP contribution < -0.4 is 0 Å². The number of allylic oxidation sites excluding steroid dienone is 2. The molecular weight excluding hydrogens is 342 g/mol. The second-order valence-electron chi connectivity index (χ2n) is 9.67. The molecule has 4 aliphatic rings. The van der Waals surface area contributed by atoms with Gasteiger partial charge in [0.2, 0.25) is 6.20 Å². The predicted molar refractivity (Wildman–Crippen MR) is 102 cm³/mol. The summed E-state index contributed by atoms with van der Waals surface area (Å²) in [5, 5.41) is 11.1. The van der Waals surface area contributed by atoms with Crippen LogP contribution >= 0.6 is 0 Å². The molecule has 5 nitrogen and oxygen atoms in total. The molecule has 148 valence electrons. The van der Waals surface area contributed by atoms with Crippen LogP contribution in [0.4, 0.5) is 0 Å². The summed E-state index contributed by atoms with van der Waals surface area (Å²) in [6.45, 7) is 6.19. The van der Waals surface area contributed by atoms with Crippen molar-refractivity contribution in [3.05, 3.63) is 33.5 Å². The molecule has 0 N–H and O–H groups in total. The van der Waals surface area contributed by atoms with E-state index in [4.69, 9.17) is 4.74 Å². The number of carbonyl (C=O) groups excluding carboxylic acids is 1. The maximum atomic E-state index is 11.4. The van der Waals surface area contributed by atoms with E-state index in [1.54, 1.807) is 0 Å². The molecule has 0 aromatic carbocycles. The highest BCUT2D eigenvalue weighted by molar-refractivity contribution is 5.66. The lowest BCUT2D eigenvalue weighted by Crippen LogP contribution is -2.49. The Kier molecular flexibility index (Phi) is 4.47. The van der Waals surface area contributed by atoms with Gasteiger partial charge < -0.3 is 4.74 Å². The Bertz CT molecular complexity index is 726. The van der Waals surface area contributed by atoms with Crippen LogP contribution in [-0.4, -0.2) is 17.0 Å². The van der Waals surface area contributed by atoms with Gasteiger partial charge in [-0.2, -0.15) is 0 Å². The topological polar surface area (TPSA) is 69.4 Å². The minimum atomic E-state index is -0.258. The van der Waals surface area contributed by atoms with Crippen molar-refractivity contribution in [3.8, 4) is 0 Å². The maximum absolute atomic E-state index is 11.4. The lowest BCUT2D eigenvalue weighted by atomic mass is 9.48. The average Bonchev–Trinajstić information content (AvgIpc) is 2.91. The molecule has 3 saturated carbocycles. The zero-order valence-electron chi connectivity index (χ0n) is 16.7. The van der Waals surface area contributed by atoms with Crippen LogP contribution in [0.5, 0.6) is 0 Å². The number of hydrogen-bond donors (Lipinski definition) is 0. The first kappa shape index (κ1) is 18.7. The highest BCUT2D eigenvalue weighted by Crippen LogP contribution is 2.66. The lowest BCUT2D eigenvalue weighted by Gasteiger charge is -2.57. The third kappa shape index (κ3) is 2.94. The van der Waals surface area contributed by atoms with Gasteiger partial charge in [-0.3, -0.25) is 14.9 Å². The Morgan fingerprint density at radius 1 is 1.22 bits per heavy atom. The Morgan fingerprint density at radius 3 is 2.63 bits per heavy atom. The van der Waals surface area contributed by atoms with Crippen molar-refractivity contribution in [1.82, 2.24) is 0 Å². The highest BCUT2D eigenvalue weighted by Gasteiger charge is 2.57. The fraction of sp³-hybridized carbons (Fsp3) is 0.773. The van der Waals surface area contributed by atoms with Crippen molar-refractivity contribution in [2.24, 2.45) is 28.6 Å². The van der Waals surface area contributed by atoms with E-state index in [1.165, 1.54) is 18.7 Å². The third-order valence-corrected chi connectivity index (χ3v) is 8.50. The number of carbonyl (C=O) groups is 1. The second-order valence-corrected chi connectivity index (χ2v) is 9.67. The molecule has 0 amide bonds. The molecule has 0 aromatic rings. The molecule has 6 atom stereocenters. The molecule has 1 unspecified atom stereocenters. The van der Waals surface area contributed by atoms with Gasteiger partial charge in [0.25, 0.3) is 0 Å². The van der Waals surface area contributed by atoms with Crippen LogP contribution in [0.2, 0.25) is 0 Å². The van der Waals surface area contributed by atoms with Gasteiger partial charge in [0.05, 0.1) is 4.92 Å². The standard InChI is InChI=1S/C22H31NO4/c1-14(24)27-17-8-10-21(2)15(12-17)4-6-18-19-7-5-16(13-23(25)26)22(19,3)11-9-20(18)21/h4,13,17-20H,5-12H2,1-3H3/b16-13-/t17?,18-,19-,20-,21-,22+/m0/s1. The average molecular weight is 373 g/mol. The van der Waals surface area contributed by atoms with E-state index in [1.807, 2.05) is 0 Å². The SMILES string of the molecule is CC(=O)OC1CC[C@@]2(C)C(=CC[C@@H]3[C@@H]2CC[C@]2(C)/C(=C\[N+](=O)[O-])CC[C@@H]32)C1. The number of fused-ring (bicyclic) bond motifs is 5. The number of ether oxygens (including phenoxy) is 1. The van der Waals surface area contributed by atoms with Crippen molar-refractivity contribution in [1.29, 1.82) is 0 Å². The molecule has 4 aliphatic carbocycles. The van der Waals surface area contributed by atoms with Crippen LogP contribution in [0.1, 0.15) is 72.1 Å². The minimum absolute atomic E-state index is 0.00484. The Hall–Kier alpha value is -1.65. The van der Waals surface area contributed by atoms with Gasteiger partial charge in [0.15, 0.2) is 0 Å². The first-order chi connectivity index (χ1) is 12.7. The van der Waals surface area contributed by atoms with Gasteiger partial charge in [0, 0.05) is 18.9 Å². The van der Waals surface area contributed by atoms with Gasteiger partial charge in [-0.15, -0.1) is 0 Å². The molecule has 0 heterocycles. The predicted octanol–water partition coefficient (Wildman–Crippen LogP) is 5.04. The first-order valence-electron chi connectivity index (χ1n) is 10.5. The van der Waals surface area contributed by atoms with Crippen molar-refractivity contribution in [2.75, 3.05) is 0 Å². The van der Waals surface area contributed by atoms with Crippen molar-refractivity contribution in [2.45, 2.75) is 78.2 Å². The zero-order valence-corrected chi connectivity index (χ0v) is 16.7. The molecule has 0 bridgehead atoms. The summed E-state index contributed by atoms with van der Waals surface area (Å²) in [6, 6.07) is 0. The fourth-order valence-corrected chi connectivity index (χ4v) is 7.15. The largest absolute Gasteiger partial charge is 0.462 e. The van der Waals surface area contributed by atoms with E-state index >= 15 is 0 Å². The maximum Gasteiger partial charge on any atom is 0.302 e. The molecular formula is C22H31NO4. The van der Waals surface area contributed by atoms with Gasteiger partial charge in [-0.25, -0.2) is 0 Å². The normalized spacial score (nSPS) is 44.7. The van der Waals surface area contributed by atoms with E-state index in [2.05, 4.69) is 19.9 Å². The molecule has 0 saturated heterocycles. The van der Waals surface area contributed by atoms with Crippen LogP contribution in [-0.2, 0) is 9.53 Å². The van der Waals surface area contributed by atoms with E-state index < -0.39 is 0 Å². The van der Waals surface area contributed by atoms with Gasteiger partial charge in [0.1, 0.15) is 6.10 Å². The fourth-order valence-electron chi connectivity index (χ4n) is 7.15. The van der Waals surface area contributed by atoms with Crippen molar-refractivity contribution < 1.29 is 14.5 Å². The van der Waals surface area contributed by atoms with Crippen molar-refractivity contribution >= 4 is 5.97 Å². The molecule has 0 spiro atoms. The molecule has 0 aromatic heterocycles. The Morgan fingerprint density at radius 2 is 1.93 bits per heavy atom. The molecule has 3 fully saturated rings. The van der Waals surface area contributed by atoms with E-state index in [0.29, 0.717) is 17.8 Å². The van der Waals surface area contributed by atoms with Gasteiger partial charge in [-0.1, -0.05) is 25.5 Å². The van der Waals surface area contributed by atoms with Crippen LogP contribution in [0, 0.1) is 38.7 Å². The third-order valence-electron chi connectivity index (χ3n) is 8.50. The van der Waals surface area contributed by atoms with E-state index in [9.17, 15) is 14.9 Å². The van der Waals surface area contributed by atoms with Crippen molar-refractivity contribution in [3.63, 3.8) is 0 Å². The number of hydrogen-bond acceptors (Lipinski definition) is 4. The highest BCUT2D eigenvalue weighted by atomic mass is 16.6. The summed E-state index contributed by atoms with van der Waals surface area (Å²) in [7, 11) is 0. The summed E-state index contributed by atoms with van der Waals surface area (Å²) < 4.78 is 5.51. The van der Waals surface area contributed by atoms with E-state index in [0.717, 1.165) is 56.9 Å². The smallest absolute Gasteiger partial charge is 0.302 e. The summed E-state index contributed by atoms with van der Waals surface area (Å²) in [4.78, 5) is 22.2. The molecule has 5 heteroatoms. The molecule has 0 aliphatic heterocycles. The quantitative estimate of drug-likeness (QED) is 0.294. The van der Waals surface area contributed by atoms with Crippen LogP contribution in [0.3, 0.4) is 0 Å². The lowest BCUT2D eigenvalue weighted by molar-refractivity contribution is -0.404. The van der Waals surface area contributed by atoms with E-state index in [-0.39, 0.29) is 27.8 Å². The van der Waals surface area contributed by atoms with Gasteiger partial charge >= 0.3 is 5.97 Å². The minimum Gasteiger partial charge on any atom is -0.462 e. The summed E-state index contributed by atoms with van der Waals surface area (Å²) in [5.41, 5.74) is 2.76. The summed E-state index contributed by atoms with van der Waals surface area (Å²) in [6.07, 6.45) is 11.9. The van der Waals surface area contributed by atoms with Gasteiger partial charge in [-0.05, 0) is 73.5 Å². The first-order valence-corrected chi connectivity index (χ1v) is 10.5. The molecule has 27 heavy (non-hydrogen) atoms. The number of nitro groups is 1. The van der Waals surface area contributed by atoms with Crippen LogP contribution in [0.25, 0.3) is 0 Å². The Balaban J connectivity index is 1.59. The van der Waals surface area contributed by atoms with Crippen LogP contribution in [0.15, 0.2) is 23.4 Å². The summed E-state index contributed by atoms with van der Waals surface area (Å²) >= 11 is 0. The zero-order chi connectivity index (χ0) is 19.4. The number of esters is 1. The Labute approximate surface area is 161 Å². The summed E-state index contributed by atoms with van der Waals surface area (Å²) in [5.74, 6) is 1.66. The molecule has 0 radical (unpaired) electrons.